The molecule has 1 aliphatic heterocycles. The first-order valence-electron chi connectivity index (χ1n) is 11.6. The van der Waals surface area contributed by atoms with Crippen molar-refractivity contribution in [2.45, 2.75) is 56.3 Å². The Bertz CT molecular complexity index is 1220. The van der Waals surface area contributed by atoms with Gasteiger partial charge in [0.25, 0.3) is 0 Å². The summed E-state index contributed by atoms with van der Waals surface area (Å²) in [6, 6.07) is 15.1. The van der Waals surface area contributed by atoms with Gasteiger partial charge in [-0.3, -0.25) is 14.2 Å². The summed E-state index contributed by atoms with van der Waals surface area (Å²) in [5.41, 5.74) is 2.23. The number of benzene rings is 2. The fourth-order valence-corrected chi connectivity index (χ4v) is 5.94. The van der Waals surface area contributed by atoms with Crippen LogP contribution >= 0.6 is 23.4 Å². The summed E-state index contributed by atoms with van der Waals surface area (Å²) in [7, 11) is 0. The highest BCUT2D eigenvalue weighted by Crippen LogP contribution is 2.39. The third-order valence-electron chi connectivity index (χ3n) is 6.42. The highest BCUT2D eigenvalue weighted by molar-refractivity contribution is 7.99. The van der Waals surface area contributed by atoms with E-state index < -0.39 is 0 Å². The van der Waals surface area contributed by atoms with Gasteiger partial charge in [0.1, 0.15) is 0 Å². The summed E-state index contributed by atoms with van der Waals surface area (Å²) < 4.78 is 2.16. The van der Waals surface area contributed by atoms with E-state index >= 15 is 0 Å². The highest BCUT2D eigenvalue weighted by atomic mass is 35.5. The first-order valence-corrected chi connectivity index (χ1v) is 12.9. The van der Waals surface area contributed by atoms with Crippen molar-refractivity contribution in [1.29, 1.82) is 0 Å². The Labute approximate surface area is 207 Å². The van der Waals surface area contributed by atoms with Gasteiger partial charge in [-0.2, -0.15) is 0 Å². The van der Waals surface area contributed by atoms with Crippen LogP contribution in [0.2, 0.25) is 5.02 Å². The average molecular weight is 496 g/mol. The second kappa shape index (κ2) is 9.80. The molecule has 0 radical (unpaired) electrons. The number of thioether (sulfide) groups is 1. The minimum Gasteiger partial charge on any atom is -0.324 e. The summed E-state index contributed by atoms with van der Waals surface area (Å²) >= 11 is 7.88. The van der Waals surface area contributed by atoms with Crippen LogP contribution < -0.4 is 10.2 Å². The van der Waals surface area contributed by atoms with E-state index in [0.717, 1.165) is 47.9 Å². The van der Waals surface area contributed by atoms with Gasteiger partial charge in [0.15, 0.2) is 11.0 Å². The second-order valence-electron chi connectivity index (χ2n) is 8.77. The van der Waals surface area contributed by atoms with Crippen molar-refractivity contribution in [1.82, 2.24) is 14.8 Å². The fraction of sp³-hybridized carbons (Fsp3) is 0.360. The van der Waals surface area contributed by atoms with E-state index in [1.807, 2.05) is 55.5 Å². The van der Waals surface area contributed by atoms with E-state index in [1.54, 1.807) is 4.90 Å². The van der Waals surface area contributed by atoms with Crippen LogP contribution in [-0.4, -0.2) is 38.4 Å². The van der Waals surface area contributed by atoms with Gasteiger partial charge in [0.2, 0.25) is 11.8 Å². The molecule has 3 aromatic rings. The van der Waals surface area contributed by atoms with Crippen molar-refractivity contribution in [3.8, 4) is 11.4 Å². The smallest absolute Gasteiger partial charge is 0.237 e. The maximum atomic E-state index is 13.5. The minimum atomic E-state index is -0.247. The van der Waals surface area contributed by atoms with Crippen molar-refractivity contribution < 1.29 is 9.59 Å². The number of carbonyl (C=O) groups is 2. The molecule has 1 saturated carbocycles. The molecule has 2 aromatic carbocycles. The molecule has 0 bridgehead atoms. The molecule has 1 fully saturated rings. The molecule has 1 aromatic heterocycles. The number of fused-ring (bicyclic) bond motifs is 1. The summed E-state index contributed by atoms with van der Waals surface area (Å²) in [5.74, 6) is 0.783. The molecular weight excluding hydrogens is 470 g/mol. The van der Waals surface area contributed by atoms with Gasteiger partial charge in [-0.1, -0.05) is 60.5 Å². The number of rotatable bonds is 5. The molecule has 5 rings (SSSR count). The standard InChI is InChI=1S/C25H26ClN5O2S/c1-16-14-22(32)27-20-12-6-7-13-21(20)30(16)23(33)15-34-25-29-28-24(18-10-4-5-11-19(18)26)31(25)17-8-2-3-9-17/h4-7,10-13,16-17H,2-3,8-9,14-15H2,1H3,(H,27,32)/t16-/m0/s1. The second-order valence-corrected chi connectivity index (χ2v) is 10.1. The monoisotopic (exact) mass is 495 g/mol. The largest absolute Gasteiger partial charge is 0.324 e. The zero-order chi connectivity index (χ0) is 23.7. The lowest BCUT2D eigenvalue weighted by Gasteiger charge is -2.27. The quantitative estimate of drug-likeness (QED) is 0.468. The Balaban J connectivity index is 1.43. The molecule has 34 heavy (non-hydrogen) atoms. The fourth-order valence-electron chi connectivity index (χ4n) is 4.86. The van der Waals surface area contributed by atoms with Gasteiger partial charge in [-0.25, -0.2) is 0 Å². The van der Waals surface area contributed by atoms with Crippen molar-refractivity contribution in [3.63, 3.8) is 0 Å². The third-order valence-corrected chi connectivity index (χ3v) is 7.68. The molecule has 0 unspecified atom stereocenters. The molecule has 0 spiro atoms. The Hall–Kier alpha value is -2.84. The average Bonchev–Trinajstić information content (AvgIpc) is 3.46. The number of hydrogen-bond acceptors (Lipinski definition) is 5. The highest BCUT2D eigenvalue weighted by Gasteiger charge is 2.31. The van der Waals surface area contributed by atoms with Crippen molar-refractivity contribution in [3.05, 3.63) is 53.6 Å². The Morgan fingerprint density at radius 1 is 1.12 bits per heavy atom. The van der Waals surface area contributed by atoms with Crippen LogP contribution in [0.4, 0.5) is 11.4 Å². The predicted molar refractivity (Wildman–Crippen MR) is 135 cm³/mol. The van der Waals surface area contributed by atoms with Crippen molar-refractivity contribution in [2.75, 3.05) is 16.0 Å². The molecule has 2 aliphatic rings. The van der Waals surface area contributed by atoms with E-state index in [2.05, 4.69) is 20.1 Å². The number of para-hydroxylation sites is 2. The van der Waals surface area contributed by atoms with Crippen LogP contribution in [0.15, 0.2) is 53.7 Å². The van der Waals surface area contributed by atoms with Crippen LogP contribution in [0.1, 0.15) is 45.1 Å². The number of halogens is 1. The van der Waals surface area contributed by atoms with Crippen LogP contribution in [0.5, 0.6) is 0 Å². The summed E-state index contributed by atoms with van der Waals surface area (Å²) in [6.07, 6.45) is 4.69. The number of nitrogens with one attached hydrogen (secondary N) is 1. The lowest BCUT2D eigenvalue weighted by Crippen LogP contribution is -2.40. The minimum absolute atomic E-state index is 0.0679. The number of anilines is 2. The summed E-state index contributed by atoms with van der Waals surface area (Å²) in [4.78, 5) is 27.5. The number of aromatic nitrogens is 3. The molecule has 1 atom stereocenters. The number of amides is 2. The summed E-state index contributed by atoms with van der Waals surface area (Å²) in [5, 5.41) is 13.2. The Kier molecular flexibility index (Phi) is 6.61. The molecule has 9 heteroatoms. The normalized spacial score (nSPS) is 18.5. The number of hydrogen-bond donors (Lipinski definition) is 1. The third kappa shape index (κ3) is 4.44. The van der Waals surface area contributed by atoms with Gasteiger partial charge in [-0.05, 0) is 44.0 Å². The molecule has 176 valence electrons. The van der Waals surface area contributed by atoms with Crippen molar-refractivity contribution in [2.24, 2.45) is 0 Å². The molecule has 7 nitrogen and oxygen atoms in total. The number of nitrogens with zero attached hydrogens (tertiary/aromatic N) is 4. The van der Waals surface area contributed by atoms with Gasteiger partial charge in [0.05, 0.1) is 22.2 Å². The first kappa shape index (κ1) is 22.9. The SMILES string of the molecule is C[C@H]1CC(=O)Nc2ccccc2N1C(=O)CSc1nnc(-c2ccccc2Cl)n1C1CCCC1. The summed E-state index contributed by atoms with van der Waals surface area (Å²) in [6.45, 7) is 1.90. The Morgan fingerprint density at radius 3 is 2.65 bits per heavy atom. The lowest BCUT2D eigenvalue weighted by atomic mass is 10.2. The van der Waals surface area contributed by atoms with E-state index in [0.29, 0.717) is 16.8 Å². The van der Waals surface area contributed by atoms with Crippen molar-refractivity contribution >= 4 is 46.6 Å². The van der Waals surface area contributed by atoms with Gasteiger partial charge in [-0.15, -0.1) is 10.2 Å². The zero-order valence-electron chi connectivity index (χ0n) is 18.9. The maximum absolute atomic E-state index is 13.5. The van der Waals surface area contributed by atoms with Crippen LogP contribution in [0.25, 0.3) is 11.4 Å². The molecule has 1 N–H and O–H groups in total. The van der Waals surface area contributed by atoms with E-state index in [4.69, 9.17) is 11.6 Å². The molecule has 0 saturated heterocycles. The van der Waals surface area contributed by atoms with Gasteiger partial charge in [0, 0.05) is 24.1 Å². The predicted octanol–water partition coefficient (Wildman–Crippen LogP) is 5.57. The first-order chi connectivity index (χ1) is 16.5. The van der Waals surface area contributed by atoms with E-state index in [-0.39, 0.29) is 30.0 Å². The molecular formula is C25H26ClN5O2S. The van der Waals surface area contributed by atoms with Gasteiger partial charge < -0.3 is 10.2 Å². The van der Waals surface area contributed by atoms with Crippen LogP contribution in [-0.2, 0) is 9.59 Å². The topological polar surface area (TPSA) is 80.1 Å². The maximum Gasteiger partial charge on any atom is 0.237 e. The van der Waals surface area contributed by atoms with E-state index in [9.17, 15) is 9.59 Å². The number of carbonyl (C=O) groups excluding carboxylic acids is 2. The van der Waals surface area contributed by atoms with Crippen LogP contribution in [0.3, 0.4) is 0 Å². The van der Waals surface area contributed by atoms with Crippen LogP contribution in [0, 0.1) is 0 Å². The molecule has 1 aliphatic carbocycles. The zero-order valence-corrected chi connectivity index (χ0v) is 20.5. The van der Waals surface area contributed by atoms with Gasteiger partial charge >= 0.3 is 0 Å². The molecule has 2 heterocycles. The Morgan fingerprint density at radius 2 is 1.85 bits per heavy atom. The molecule has 2 amide bonds. The van der Waals surface area contributed by atoms with E-state index in [1.165, 1.54) is 11.8 Å². The lowest BCUT2D eigenvalue weighted by molar-refractivity contribution is -0.117.